The van der Waals surface area contributed by atoms with Crippen molar-refractivity contribution in [3.8, 4) is 11.4 Å². The molecule has 0 saturated heterocycles. The molecule has 0 aliphatic heterocycles. The molecule has 0 aromatic carbocycles. The van der Waals surface area contributed by atoms with Crippen LogP contribution in [0.25, 0.3) is 17.2 Å². The van der Waals surface area contributed by atoms with Crippen molar-refractivity contribution in [3.05, 3.63) is 36.7 Å². The molecule has 0 radical (unpaired) electrons. The third-order valence-electron chi connectivity index (χ3n) is 2.42. The van der Waals surface area contributed by atoms with E-state index in [1.165, 1.54) is 4.52 Å². The fraction of sp³-hybridized carbons (Fsp3) is 0.0909. The first-order valence-electron chi connectivity index (χ1n) is 5.43. The normalized spacial score (nSPS) is 10.7. The summed E-state index contributed by atoms with van der Waals surface area (Å²) in [6, 6.07) is 1.72. The highest BCUT2D eigenvalue weighted by Crippen LogP contribution is 2.15. The van der Waals surface area contributed by atoms with Crippen LogP contribution in [0.2, 0.25) is 0 Å². The Balaban J connectivity index is 2.15. The SMILES string of the molecule is O=C(O)Cc1nc2nccc(-c3cnccn3)n2n1. The molecule has 0 bridgehead atoms. The Hall–Kier alpha value is -2.90. The summed E-state index contributed by atoms with van der Waals surface area (Å²) in [7, 11) is 0. The molecule has 0 unspecified atom stereocenters. The summed E-state index contributed by atoms with van der Waals surface area (Å²) in [5, 5.41) is 12.9. The Bertz CT molecular complexity index is 739. The van der Waals surface area contributed by atoms with Crippen molar-refractivity contribution in [1.82, 2.24) is 29.5 Å². The number of hydrogen-bond donors (Lipinski definition) is 1. The van der Waals surface area contributed by atoms with E-state index in [0.29, 0.717) is 17.2 Å². The number of nitrogens with zero attached hydrogens (tertiary/aromatic N) is 6. The minimum absolute atomic E-state index is 0.205. The Labute approximate surface area is 106 Å². The van der Waals surface area contributed by atoms with Gasteiger partial charge in [0.15, 0.2) is 5.82 Å². The third-order valence-corrected chi connectivity index (χ3v) is 2.42. The van der Waals surface area contributed by atoms with Gasteiger partial charge in [-0.1, -0.05) is 0 Å². The van der Waals surface area contributed by atoms with Crippen molar-refractivity contribution in [2.45, 2.75) is 6.42 Å². The number of fused-ring (bicyclic) bond motifs is 1. The smallest absolute Gasteiger partial charge is 0.311 e. The second-order valence-corrected chi connectivity index (χ2v) is 3.73. The molecular weight excluding hydrogens is 248 g/mol. The standard InChI is InChI=1S/C11H8N6O2/c18-10(19)5-9-15-11-14-2-1-8(17(11)16-9)7-6-12-3-4-13-7/h1-4,6H,5H2,(H,18,19). The van der Waals surface area contributed by atoms with Crippen LogP contribution in [-0.4, -0.2) is 40.6 Å². The largest absolute Gasteiger partial charge is 0.481 e. The summed E-state index contributed by atoms with van der Waals surface area (Å²) < 4.78 is 1.46. The Morgan fingerprint density at radius 2 is 2.16 bits per heavy atom. The molecule has 8 heteroatoms. The summed E-state index contributed by atoms with van der Waals surface area (Å²) >= 11 is 0. The first kappa shape index (κ1) is 11.2. The maximum atomic E-state index is 10.7. The lowest BCUT2D eigenvalue weighted by Gasteiger charge is -2.00. The Morgan fingerprint density at radius 3 is 2.89 bits per heavy atom. The predicted molar refractivity (Wildman–Crippen MR) is 63.1 cm³/mol. The maximum Gasteiger partial charge on any atom is 0.311 e. The number of hydrogen-bond acceptors (Lipinski definition) is 6. The molecule has 0 saturated carbocycles. The minimum Gasteiger partial charge on any atom is -0.481 e. The zero-order chi connectivity index (χ0) is 13.2. The zero-order valence-electron chi connectivity index (χ0n) is 9.63. The van der Waals surface area contributed by atoms with E-state index in [9.17, 15) is 4.79 Å². The van der Waals surface area contributed by atoms with Crippen LogP contribution in [-0.2, 0) is 11.2 Å². The van der Waals surface area contributed by atoms with Gasteiger partial charge in [-0.15, -0.1) is 5.10 Å². The molecule has 0 aliphatic rings. The summed E-state index contributed by atoms with van der Waals surface area (Å²) in [6.45, 7) is 0. The molecule has 94 valence electrons. The van der Waals surface area contributed by atoms with Crippen molar-refractivity contribution in [2.75, 3.05) is 0 Å². The average molecular weight is 256 g/mol. The van der Waals surface area contributed by atoms with Gasteiger partial charge in [-0.2, -0.15) is 9.50 Å². The van der Waals surface area contributed by atoms with E-state index >= 15 is 0 Å². The summed E-state index contributed by atoms with van der Waals surface area (Å²) in [4.78, 5) is 26.9. The molecule has 1 N–H and O–H groups in total. The van der Waals surface area contributed by atoms with Gasteiger partial charge < -0.3 is 5.11 Å². The van der Waals surface area contributed by atoms with Gasteiger partial charge in [-0.3, -0.25) is 14.8 Å². The molecule has 0 spiro atoms. The lowest BCUT2D eigenvalue weighted by atomic mass is 10.3. The topological polar surface area (TPSA) is 106 Å². The van der Waals surface area contributed by atoms with Crippen molar-refractivity contribution in [1.29, 1.82) is 0 Å². The lowest BCUT2D eigenvalue weighted by molar-refractivity contribution is -0.136. The number of aliphatic carboxylic acids is 1. The summed E-state index contributed by atoms with van der Waals surface area (Å²) in [6.07, 6.45) is 6.05. The number of carbonyl (C=O) groups is 1. The third kappa shape index (κ3) is 2.10. The van der Waals surface area contributed by atoms with E-state index in [-0.39, 0.29) is 12.2 Å². The number of carboxylic acids is 1. The fourth-order valence-electron chi connectivity index (χ4n) is 1.67. The second kappa shape index (κ2) is 4.41. The van der Waals surface area contributed by atoms with Crippen LogP contribution in [0.3, 0.4) is 0 Å². The molecule has 8 nitrogen and oxygen atoms in total. The van der Waals surface area contributed by atoms with E-state index in [4.69, 9.17) is 5.11 Å². The van der Waals surface area contributed by atoms with Crippen molar-refractivity contribution < 1.29 is 9.90 Å². The van der Waals surface area contributed by atoms with E-state index < -0.39 is 5.97 Å². The first-order chi connectivity index (χ1) is 9.24. The first-order valence-corrected chi connectivity index (χ1v) is 5.43. The molecular formula is C11H8N6O2. The molecule has 3 aromatic rings. The molecule has 3 heterocycles. The van der Waals surface area contributed by atoms with Crippen molar-refractivity contribution >= 4 is 11.7 Å². The fourth-order valence-corrected chi connectivity index (χ4v) is 1.67. The van der Waals surface area contributed by atoms with E-state index in [2.05, 4.69) is 25.0 Å². The van der Waals surface area contributed by atoms with Crippen LogP contribution in [0.1, 0.15) is 5.82 Å². The summed E-state index contributed by atoms with van der Waals surface area (Å²) in [5.74, 6) is -0.451. The lowest BCUT2D eigenvalue weighted by Crippen LogP contribution is -2.02. The van der Waals surface area contributed by atoms with Gasteiger partial charge in [-0.05, 0) is 6.07 Å². The van der Waals surface area contributed by atoms with Gasteiger partial charge in [0.05, 0.1) is 11.9 Å². The minimum atomic E-state index is -0.989. The van der Waals surface area contributed by atoms with Crippen molar-refractivity contribution in [2.24, 2.45) is 0 Å². The van der Waals surface area contributed by atoms with Crippen LogP contribution >= 0.6 is 0 Å². The van der Waals surface area contributed by atoms with Crippen LogP contribution < -0.4 is 0 Å². The van der Waals surface area contributed by atoms with E-state index in [0.717, 1.165) is 0 Å². The van der Waals surface area contributed by atoms with E-state index in [1.807, 2.05) is 0 Å². The predicted octanol–water partition coefficient (Wildman–Crippen LogP) is 0.208. The molecule has 19 heavy (non-hydrogen) atoms. The van der Waals surface area contributed by atoms with Gasteiger partial charge in [0.2, 0.25) is 0 Å². The number of rotatable bonds is 3. The number of carboxylic acid groups (broad SMARTS) is 1. The Kier molecular flexibility index (Phi) is 2.60. The molecule has 0 aliphatic carbocycles. The molecule has 0 fully saturated rings. The van der Waals surface area contributed by atoms with Crippen LogP contribution in [0.4, 0.5) is 0 Å². The quantitative estimate of drug-likeness (QED) is 0.713. The second-order valence-electron chi connectivity index (χ2n) is 3.73. The molecule has 3 aromatic heterocycles. The number of aromatic nitrogens is 6. The van der Waals surface area contributed by atoms with Crippen LogP contribution in [0, 0.1) is 0 Å². The maximum absolute atomic E-state index is 10.7. The monoisotopic (exact) mass is 256 g/mol. The van der Waals surface area contributed by atoms with Crippen LogP contribution in [0.5, 0.6) is 0 Å². The Morgan fingerprint density at radius 1 is 1.26 bits per heavy atom. The average Bonchev–Trinajstić information content (AvgIpc) is 2.80. The highest BCUT2D eigenvalue weighted by molar-refractivity contribution is 5.69. The highest BCUT2D eigenvalue weighted by atomic mass is 16.4. The highest BCUT2D eigenvalue weighted by Gasteiger charge is 2.12. The molecule has 0 amide bonds. The van der Waals surface area contributed by atoms with E-state index in [1.54, 1.807) is 30.9 Å². The van der Waals surface area contributed by atoms with Gasteiger partial charge in [0.1, 0.15) is 12.1 Å². The van der Waals surface area contributed by atoms with Gasteiger partial charge >= 0.3 is 5.97 Å². The zero-order valence-corrected chi connectivity index (χ0v) is 9.63. The molecule has 0 atom stereocenters. The summed E-state index contributed by atoms with van der Waals surface area (Å²) in [5.41, 5.74) is 1.27. The van der Waals surface area contributed by atoms with Gasteiger partial charge in [0, 0.05) is 18.6 Å². The van der Waals surface area contributed by atoms with Gasteiger partial charge in [0.25, 0.3) is 5.78 Å². The van der Waals surface area contributed by atoms with Crippen LogP contribution in [0.15, 0.2) is 30.9 Å². The van der Waals surface area contributed by atoms with Crippen molar-refractivity contribution in [3.63, 3.8) is 0 Å². The van der Waals surface area contributed by atoms with Gasteiger partial charge in [-0.25, -0.2) is 4.98 Å². The molecule has 3 rings (SSSR count).